The third kappa shape index (κ3) is 4.03. The Bertz CT molecular complexity index is 993. The first-order chi connectivity index (χ1) is 12.6. The average Bonchev–Trinajstić information content (AvgIpc) is 2.66. The van der Waals surface area contributed by atoms with Gasteiger partial charge in [0.05, 0.1) is 14.2 Å². The summed E-state index contributed by atoms with van der Waals surface area (Å²) in [6.07, 6.45) is 0.820. The number of carbonyl (C=O) groups excluding carboxylic acids is 1. The van der Waals surface area contributed by atoms with Crippen LogP contribution in [0.4, 0.5) is 5.69 Å². The summed E-state index contributed by atoms with van der Waals surface area (Å²) in [6.45, 7) is 0. The minimum atomic E-state index is -0.401. The summed E-state index contributed by atoms with van der Waals surface area (Å²) in [5.41, 5.74) is 1.63. The van der Waals surface area contributed by atoms with Crippen molar-refractivity contribution in [3.63, 3.8) is 0 Å². The van der Waals surface area contributed by atoms with Crippen LogP contribution in [0.25, 0.3) is 11.0 Å². The monoisotopic (exact) mass is 353 g/mol. The van der Waals surface area contributed by atoms with E-state index < -0.39 is 5.63 Å². The predicted molar refractivity (Wildman–Crippen MR) is 99.0 cm³/mol. The van der Waals surface area contributed by atoms with Gasteiger partial charge in [0.1, 0.15) is 17.1 Å². The molecule has 1 aromatic heterocycles. The minimum absolute atomic E-state index is 0.119. The van der Waals surface area contributed by atoms with Crippen molar-refractivity contribution in [3.8, 4) is 11.5 Å². The Morgan fingerprint density at radius 1 is 1.04 bits per heavy atom. The largest absolute Gasteiger partial charge is 0.497 e. The van der Waals surface area contributed by atoms with Gasteiger partial charge >= 0.3 is 5.63 Å². The molecular formula is C20H19NO5. The van der Waals surface area contributed by atoms with Gasteiger partial charge in [-0.3, -0.25) is 4.79 Å². The van der Waals surface area contributed by atoms with Gasteiger partial charge in [0.25, 0.3) is 0 Å². The van der Waals surface area contributed by atoms with Crippen LogP contribution in [-0.2, 0) is 11.2 Å². The highest BCUT2D eigenvalue weighted by Gasteiger charge is 2.09. The quantitative estimate of drug-likeness (QED) is 0.688. The number of fused-ring (bicyclic) bond motifs is 1. The van der Waals surface area contributed by atoms with Crippen molar-refractivity contribution in [2.24, 2.45) is 0 Å². The first-order valence-electron chi connectivity index (χ1n) is 8.14. The lowest BCUT2D eigenvalue weighted by Gasteiger charge is -2.11. The van der Waals surface area contributed by atoms with Crippen LogP contribution in [0.2, 0.25) is 0 Å². The van der Waals surface area contributed by atoms with Crippen molar-refractivity contribution in [2.75, 3.05) is 19.5 Å². The van der Waals surface area contributed by atoms with E-state index in [2.05, 4.69) is 5.32 Å². The molecule has 1 heterocycles. The highest BCUT2D eigenvalue weighted by Crippen LogP contribution is 2.25. The first kappa shape index (κ1) is 17.5. The summed E-state index contributed by atoms with van der Waals surface area (Å²) in [6, 6.07) is 13.7. The van der Waals surface area contributed by atoms with E-state index in [0.717, 1.165) is 22.4 Å². The van der Waals surface area contributed by atoms with E-state index in [0.29, 0.717) is 24.1 Å². The number of carbonyl (C=O) groups is 1. The van der Waals surface area contributed by atoms with Gasteiger partial charge in [0, 0.05) is 23.6 Å². The molecule has 1 N–H and O–H groups in total. The number of aryl methyl sites for hydroxylation is 1. The molecule has 0 fully saturated rings. The van der Waals surface area contributed by atoms with Crippen LogP contribution in [0.15, 0.2) is 57.7 Å². The SMILES string of the molecule is COc1ccc(OC)c(CCC(=O)Nc2ccc3oc(=O)ccc3c2)c1. The topological polar surface area (TPSA) is 77.8 Å². The van der Waals surface area contributed by atoms with Gasteiger partial charge in [0.15, 0.2) is 0 Å². The zero-order valence-corrected chi connectivity index (χ0v) is 14.6. The van der Waals surface area contributed by atoms with Crippen LogP contribution in [0.5, 0.6) is 11.5 Å². The van der Waals surface area contributed by atoms with Crippen LogP contribution in [0.1, 0.15) is 12.0 Å². The molecule has 6 nitrogen and oxygen atoms in total. The van der Waals surface area contributed by atoms with Gasteiger partial charge in [-0.1, -0.05) is 0 Å². The Balaban J connectivity index is 1.68. The summed E-state index contributed by atoms with van der Waals surface area (Å²) in [5, 5.41) is 3.60. The molecule has 2 aromatic carbocycles. The molecule has 0 radical (unpaired) electrons. The fraction of sp³-hybridized carbons (Fsp3) is 0.200. The van der Waals surface area contributed by atoms with Crippen LogP contribution in [0, 0.1) is 0 Å². The van der Waals surface area contributed by atoms with Crippen LogP contribution in [-0.4, -0.2) is 20.1 Å². The highest BCUT2D eigenvalue weighted by atomic mass is 16.5. The molecule has 0 unspecified atom stereocenters. The van der Waals surface area contributed by atoms with Crippen LogP contribution < -0.4 is 20.4 Å². The number of anilines is 1. The molecule has 0 atom stereocenters. The van der Waals surface area contributed by atoms with Gasteiger partial charge in [-0.05, 0) is 54.4 Å². The molecular weight excluding hydrogens is 334 g/mol. The second-order valence-electron chi connectivity index (χ2n) is 5.73. The molecule has 0 saturated heterocycles. The molecule has 3 aromatic rings. The molecule has 26 heavy (non-hydrogen) atoms. The van der Waals surface area contributed by atoms with Crippen molar-refractivity contribution in [2.45, 2.75) is 12.8 Å². The van der Waals surface area contributed by atoms with Gasteiger partial charge < -0.3 is 19.2 Å². The lowest BCUT2D eigenvalue weighted by atomic mass is 10.1. The first-order valence-corrected chi connectivity index (χ1v) is 8.14. The number of rotatable bonds is 6. The Morgan fingerprint density at radius 3 is 2.65 bits per heavy atom. The van der Waals surface area contributed by atoms with Gasteiger partial charge in [0.2, 0.25) is 5.91 Å². The van der Waals surface area contributed by atoms with Crippen molar-refractivity contribution in [3.05, 3.63) is 64.5 Å². The van der Waals surface area contributed by atoms with E-state index >= 15 is 0 Å². The average molecular weight is 353 g/mol. The van der Waals surface area contributed by atoms with E-state index in [-0.39, 0.29) is 5.91 Å². The molecule has 0 spiro atoms. The molecule has 0 bridgehead atoms. The van der Waals surface area contributed by atoms with Gasteiger partial charge in [-0.25, -0.2) is 4.79 Å². The Kier molecular flexibility index (Phi) is 5.22. The maximum Gasteiger partial charge on any atom is 0.336 e. The summed E-state index contributed by atoms with van der Waals surface area (Å²) >= 11 is 0. The zero-order chi connectivity index (χ0) is 18.5. The van der Waals surface area contributed by atoms with Crippen molar-refractivity contribution < 1.29 is 18.7 Å². The third-order valence-corrected chi connectivity index (χ3v) is 4.01. The molecule has 0 aliphatic rings. The van der Waals surface area contributed by atoms with Gasteiger partial charge in [-0.15, -0.1) is 0 Å². The van der Waals surface area contributed by atoms with Crippen molar-refractivity contribution >= 4 is 22.6 Å². The fourth-order valence-corrected chi connectivity index (χ4v) is 2.70. The van der Waals surface area contributed by atoms with E-state index in [9.17, 15) is 9.59 Å². The second kappa shape index (κ2) is 7.74. The molecule has 0 saturated carbocycles. The summed E-state index contributed by atoms with van der Waals surface area (Å²) in [4.78, 5) is 23.5. The predicted octanol–water partition coefficient (Wildman–Crippen LogP) is 3.38. The maximum absolute atomic E-state index is 12.3. The normalized spacial score (nSPS) is 10.5. The molecule has 134 valence electrons. The van der Waals surface area contributed by atoms with Crippen molar-refractivity contribution in [1.82, 2.24) is 0 Å². The molecule has 0 aliphatic heterocycles. The van der Waals surface area contributed by atoms with Crippen molar-refractivity contribution in [1.29, 1.82) is 0 Å². The fourth-order valence-electron chi connectivity index (χ4n) is 2.70. The smallest absolute Gasteiger partial charge is 0.336 e. The standard InChI is InChI=1S/C20H19NO5/c1-24-16-6-8-17(25-2)14(12-16)3-9-19(22)21-15-5-7-18-13(11-15)4-10-20(23)26-18/h4-8,10-12H,3,9H2,1-2H3,(H,21,22). The lowest BCUT2D eigenvalue weighted by molar-refractivity contribution is -0.116. The third-order valence-electron chi connectivity index (χ3n) is 4.01. The summed E-state index contributed by atoms with van der Waals surface area (Å²) in [5.74, 6) is 1.32. The summed E-state index contributed by atoms with van der Waals surface area (Å²) < 4.78 is 15.6. The Morgan fingerprint density at radius 2 is 1.88 bits per heavy atom. The Labute approximate surface area is 150 Å². The van der Waals surface area contributed by atoms with E-state index in [1.54, 1.807) is 38.5 Å². The number of methoxy groups -OCH3 is 2. The Hall–Kier alpha value is -3.28. The number of benzene rings is 2. The number of ether oxygens (including phenoxy) is 2. The molecule has 6 heteroatoms. The number of nitrogens with one attached hydrogen (secondary N) is 1. The van der Waals surface area contributed by atoms with Crippen LogP contribution in [0.3, 0.4) is 0 Å². The molecule has 1 amide bonds. The number of hydrogen-bond donors (Lipinski definition) is 1. The van der Waals surface area contributed by atoms with Crippen LogP contribution >= 0.6 is 0 Å². The zero-order valence-electron chi connectivity index (χ0n) is 14.6. The highest BCUT2D eigenvalue weighted by molar-refractivity contribution is 5.93. The maximum atomic E-state index is 12.3. The number of amides is 1. The second-order valence-corrected chi connectivity index (χ2v) is 5.73. The number of hydrogen-bond acceptors (Lipinski definition) is 5. The van der Waals surface area contributed by atoms with E-state index in [1.807, 2.05) is 18.2 Å². The van der Waals surface area contributed by atoms with Gasteiger partial charge in [-0.2, -0.15) is 0 Å². The lowest BCUT2D eigenvalue weighted by Crippen LogP contribution is -2.12. The molecule has 3 rings (SSSR count). The van der Waals surface area contributed by atoms with E-state index in [1.165, 1.54) is 6.07 Å². The summed E-state index contributed by atoms with van der Waals surface area (Å²) in [7, 11) is 3.19. The molecule has 0 aliphatic carbocycles. The minimum Gasteiger partial charge on any atom is -0.497 e. The van der Waals surface area contributed by atoms with E-state index in [4.69, 9.17) is 13.9 Å².